The molecule has 7 heteroatoms. The molecule has 4 nitrogen and oxygen atoms in total. The molecule has 0 fully saturated rings. The predicted octanol–water partition coefficient (Wildman–Crippen LogP) is 5.85. The molecule has 130 valence electrons. The fourth-order valence-electron chi connectivity index (χ4n) is 2.71. The minimum absolute atomic E-state index is 0.482. The molecule has 1 unspecified atom stereocenters. The molecule has 0 saturated heterocycles. The van der Waals surface area contributed by atoms with Crippen molar-refractivity contribution in [1.29, 1.82) is 0 Å². The Bertz CT molecular complexity index is 1030. The number of aliphatic hydroxyl groups excluding tert-OH is 1. The minimum Gasteiger partial charge on any atom is -0.383 e. The van der Waals surface area contributed by atoms with E-state index in [1.165, 1.54) is 11.3 Å². The standard InChI is InChI=1S/C19H12Cl2N2O2S/c20-14-5-3-11(4-6-14)19-16(18(24)12-2-1-7-22-9-12)17(23-25-19)13-8-15(21)26-10-13/h1-10,18,24H. The zero-order valence-electron chi connectivity index (χ0n) is 13.3. The van der Waals surface area contributed by atoms with Crippen LogP contribution in [0.3, 0.4) is 0 Å². The molecular formula is C19H12Cl2N2O2S. The Hall–Kier alpha value is -2.18. The minimum atomic E-state index is -0.950. The molecule has 0 aliphatic carbocycles. The number of rotatable bonds is 4. The lowest BCUT2D eigenvalue weighted by Crippen LogP contribution is -2.02. The monoisotopic (exact) mass is 402 g/mol. The van der Waals surface area contributed by atoms with Gasteiger partial charge in [0, 0.05) is 39.5 Å². The van der Waals surface area contributed by atoms with Gasteiger partial charge in [0.15, 0.2) is 5.76 Å². The van der Waals surface area contributed by atoms with Crippen LogP contribution >= 0.6 is 34.5 Å². The van der Waals surface area contributed by atoms with Crippen molar-refractivity contribution in [2.45, 2.75) is 6.10 Å². The average Bonchev–Trinajstić information content (AvgIpc) is 3.28. The van der Waals surface area contributed by atoms with Crippen molar-refractivity contribution in [1.82, 2.24) is 10.1 Å². The van der Waals surface area contributed by atoms with Gasteiger partial charge in [0.05, 0.1) is 9.90 Å². The number of halogens is 2. The Kier molecular flexibility index (Phi) is 4.78. The van der Waals surface area contributed by atoms with Gasteiger partial charge in [0.1, 0.15) is 11.8 Å². The number of pyridine rings is 1. The zero-order chi connectivity index (χ0) is 18.1. The highest BCUT2D eigenvalue weighted by Crippen LogP contribution is 2.40. The average molecular weight is 403 g/mol. The van der Waals surface area contributed by atoms with Gasteiger partial charge in [-0.15, -0.1) is 11.3 Å². The quantitative estimate of drug-likeness (QED) is 0.464. The lowest BCUT2D eigenvalue weighted by Gasteiger charge is -2.12. The summed E-state index contributed by atoms with van der Waals surface area (Å²) < 4.78 is 6.25. The Morgan fingerprint density at radius 3 is 2.54 bits per heavy atom. The number of thiophene rings is 1. The summed E-state index contributed by atoms with van der Waals surface area (Å²) in [6, 6.07) is 12.6. The third-order valence-electron chi connectivity index (χ3n) is 3.95. The summed E-state index contributed by atoms with van der Waals surface area (Å²) in [7, 11) is 0. The molecule has 1 N–H and O–H groups in total. The van der Waals surface area contributed by atoms with Gasteiger partial charge in [-0.05, 0) is 36.4 Å². The number of aliphatic hydroxyl groups is 1. The van der Waals surface area contributed by atoms with Crippen molar-refractivity contribution in [3.8, 4) is 22.6 Å². The van der Waals surface area contributed by atoms with E-state index in [-0.39, 0.29) is 0 Å². The van der Waals surface area contributed by atoms with E-state index in [9.17, 15) is 5.11 Å². The van der Waals surface area contributed by atoms with Gasteiger partial charge in [-0.25, -0.2) is 0 Å². The molecule has 4 rings (SSSR count). The largest absolute Gasteiger partial charge is 0.383 e. The van der Waals surface area contributed by atoms with Crippen molar-refractivity contribution in [3.05, 3.63) is 80.7 Å². The molecule has 0 bridgehead atoms. The van der Waals surface area contributed by atoms with Crippen LogP contribution in [0.15, 0.2) is 64.8 Å². The highest BCUT2D eigenvalue weighted by atomic mass is 35.5. The first-order valence-electron chi connectivity index (χ1n) is 7.71. The molecule has 0 radical (unpaired) electrons. The van der Waals surface area contributed by atoms with E-state index < -0.39 is 6.10 Å². The third-order valence-corrected chi connectivity index (χ3v) is 5.29. The third kappa shape index (κ3) is 3.27. The molecule has 3 heterocycles. The van der Waals surface area contributed by atoms with Gasteiger partial charge >= 0.3 is 0 Å². The maximum absolute atomic E-state index is 11.0. The van der Waals surface area contributed by atoms with Crippen LogP contribution in [-0.4, -0.2) is 15.2 Å². The smallest absolute Gasteiger partial charge is 0.173 e. The van der Waals surface area contributed by atoms with Gasteiger partial charge in [0.25, 0.3) is 0 Å². The molecule has 1 atom stereocenters. The van der Waals surface area contributed by atoms with Crippen LogP contribution in [0.25, 0.3) is 22.6 Å². The van der Waals surface area contributed by atoms with Gasteiger partial charge < -0.3 is 9.63 Å². The first-order chi connectivity index (χ1) is 12.6. The molecule has 0 spiro atoms. The Morgan fingerprint density at radius 1 is 1.08 bits per heavy atom. The second-order valence-corrected chi connectivity index (χ2v) is 7.59. The molecular weight excluding hydrogens is 391 g/mol. The van der Waals surface area contributed by atoms with E-state index in [4.69, 9.17) is 27.7 Å². The summed E-state index contributed by atoms with van der Waals surface area (Å²) in [6.07, 6.45) is 2.33. The van der Waals surface area contributed by atoms with Crippen molar-refractivity contribution >= 4 is 34.5 Å². The Morgan fingerprint density at radius 2 is 1.88 bits per heavy atom. The normalized spacial score (nSPS) is 12.3. The van der Waals surface area contributed by atoms with Crippen LogP contribution in [0.1, 0.15) is 17.2 Å². The summed E-state index contributed by atoms with van der Waals surface area (Å²) in [6.45, 7) is 0. The fourth-order valence-corrected chi connectivity index (χ4v) is 3.70. The summed E-state index contributed by atoms with van der Waals surface area (Å²) in [4.78, 5) is 4.09. The van der Waals surface area contributed by atoms with Crippen molar-refractivity contribution in [3.63, 3.8) is 0 Å². The van der Waals surface area contributed by atoms with Crippen LogP contribution in [-0.2, 0) is 0 Å². The second-order valence-electron chi connectivity index (χ2n) is 5.61. The maximum atomic E-state index is 11.0. The first-order valence-corrected chi connectivity index (χ1v) is 9.35. The molecule has 4 aromatic rings. The van der Waals surface area contributed by atoms with Crippen molar-refractivity contribution in [2.24, 2.45) is 0 Å². The van der Waals surface area contributed by atoms with Gasteiger partial charge in [-0.2, -0.15) is 0 Å². The highest BCUT2D eigenvalue weighted by molar-refractivity contribution is 7.14. The number of nitrogens with zero attached hydrogens (tertiary/aromatic N) is 2. The molecule has 0 saturated carbocycles. The molecule has 1 aromatic carbocycles. The lowest BCUT2D eigenvalue weighted by molar-refractivity contribution is 0.220. The van der Waals surface area contributed by atoms with E-state index in [1.54, 1.807) is 42.7 Å². The van der Waals surface area contributed by atoms with Crippen molar-refractivity contribution in [2.75, 3.05) is 0 Å². The Labute approximate surface area is 163 Å². The predicted molar refractivity (Wildman–Crippen MR) is 104 cm³/mol. The molecule has 0 aliphatic rings. The number of aromatic nitrogens is 2. The van der Waals surface area contributed by atoms with Gasteiger partial charge in [-0.3, -0.25) is 4.98 Å². The summed E-state index contributed by atoms with van der Waals surface area (Å²) >= 11 is 13.5. The maximum Gasteiger partial charge on any atom is 0.173 e. The van der Waals surface area contributed by atoms with Crippen LogP contribution < -0.4 is 0 Å². The Balaban J connectivity index is 1.90. The topological polar surface area (TPSA) is 59.2 Å². The zero-order valence-corrected chi connectivity index (χ0v) is 15.6. The van der Waals surface area contributed by atoms with E-state index in [1.807, 2.05) is 17.5 Å². The summed E-state index contributed by atoms with van der Waals surface area (Å²) in [5.74, 6) is 0.482. The first kappa shape index (κ1) is 17.2. The fraction of sp³-hybridized carbons (Fsp3) is 0.0526. The highest BCUT2D eigenvalue weighted by Gasteiger charge is 2.27. The van der Waals surface area contributed by atoms with Crippen LogP contribution in [0, 0.1) is 0 Å². The van der Waals surface area contributed by atoms with Crippen LogP contribution in [0.4, 0.5) is 0 Å². The van der Waals surface area contributed by atoms with Crippen molar-refractivity contribution < 1.29 is 9.63 Å². The second kappa shape index (κ2) is 7.21. The number of hydrogen-bond acceptors (Lipinski definition) is 5. The molecule has 0 amide bonds. The summed E-state index contributed by atoms with van der Waals surface area (Å²) in [5, 5.41) is 17.7. The SMILES string of the molecule is OC(c1cccnc1)c1c(-c2csc(Cl)c2)noc1-c1ccc(Cl)cc1. The lowest BCUT2D eigenvalue weighted by atomic mass is 9.96. The number of hydrogen-bond donors (Lipinski definition) is 1. The van der Waals surface area contributed by atoms with Gasteiger partial charge in [-0.1, -0.05) is 34.4 Å². The molecule has 0 aliphatic heterocycles. The van der Waals surface area contributed by atoms with E-state index in [0.717, 1.165) is 11.1 Å². The molecule has 26 heavy (non-hydrogen) atoms. The molecule has 3 aromatic heterocycles. The van der Waals surface area contributed by atoms with E-state index in [0.29, 0.717) is 31.9 Å². The van der Waals surface area contributed by atoms with E-state index in [2.05, 4.69) is 10.1 Å². The van der Waals surface area contributed by atoms with Crippen LogP contribution in [0.2, 0.25) is 9.36 Å². The number of benzene rings is 1. The van der Waals surface area contributed by atoms with Gasteiger partial charge in [0.2, 0.25) is 0 Å². The summed E-state index contributed by atoms with van der Waals surface area (Å²) in [5.41, 5.74) is 3.33. The van der Waals surface area contributed by atoms with E-state index >= 15 is 0 Å². The van der Waals surface area contributed by atoms with Crippen LogP contribution in [0.5, 0.6) is 0 Å².